The number of nitriles is 1. The Morgan fingerprint density at radius 3 is 2.48 bits per heavy atom. The van der Waals surface area contributed by atoms with Crippen LogP contribution in [0.25, 0.3) is 11.3 Å². The highest BCUT2D eigenvalue weighted by atomic mass is 32.2. The van der Waals surface area contributed by atoms with Gasteiger partial charge in [0.1, 0.15) is 11.6 Å². The zero-order valence-electron chi connectivity index (χ0n) is 14.8. The molecule has 0 amide bonds. The maximum absolute atomic E-state index is 12.9. The standard InChI is InChI=1S/C20H21N3OS/c1-19(2,3)14-6-4-13(5-7-14)16-15(10-21)17(24)23-11-20(8-9-20)12-25-18(23)22-16/h4-7H,8-9,11-12H2,1-3H3. The van der Waals surface area contributed by atoms with E-state index in [4.69, 9.17) is 4.98 Å². The van der Waals surface area contributed by atoms with Crippen molar-refractivity contribution in [2.45, 2.75) is 50.7 Å². The van der Waals surface area contributed by atoms with Gasteiger partial charge in [0.05, 0.1) is 5.69 Å². The van der Waals surface area contributed by atoms with Gasteiger partial charge in [-0.3, -0.25) is 9.36 Å². The highest BCUT2D eigenvalue weighted by Crippen LogP contribution is 2.52. The largest absolute Gasteiger partial charge is 0.286 e. The van der Waals surface area contributed by atoms with Crippen molar-refractivity contribution >= 4 is 11.8 Å². The molecule has 0 bridgehead atoms. The van der Waals surface area contributed by atoms with Gasteiger partial charge >= 0.3 is 0 Å². The van der Waals surface area contributed by atoms with Gasteiger partial charge in [-0.1, -0.05) is 56.8 Å². The molecule has 1 aromatic heterocycles. The number of aromatic nitrogens is 2. The van der Waals surface area contributed by atoms with Crippen LogP contribution in [-0.4, -0.2) is 15.3 Å². The molecule has 1 aromatic carbocycles. The van der Waals surface area contributed by atoms with Gasteiger partial charge in [-0.2, -0.15) is 5.26 Å². The van der Waals surface area contributed by atoms with E-state index in [1.807, 2.05) is 12.1 Å². The van der Waals surface area contributed by atoms with E-state index in [1.165, 1.54) is 18.4 Å². The monoisotopic (exact) mass is 351 g/mol. The lowest BCUT2D eigenvalue weighted by Crippen LogP contribution is -2.33. The average Bonchev–Trinajstić information content (AvgIpc) is 3.34. The van der Waals surface area contributed by atoms with Crippen molar-refractivity contribution in [3.63, 3.8) is 0 Å². The van der Waals surface area contributed by atoms with Crippen LogP contribution in [0.5, 0.6) is 0 Å². The van der Waals surface area contributed by atoms with Crippen LogP contribution in [0.4, 0.5) is 0 Å². The predicted molar refractivity (Wildman–Crippen MR) is 99.7 cm³/mol. The molecule has 2 aromatic rings. The van der Waals surface area contributed by atoms with Crippen LogP contribution in [-0.2, 0) is 12.0 Å². The quantitative estimate of drug-likeness (QED) is 0.730. The molecule has 2 heterocycles. The summed E-state index contributed by atoms with van der Waals surface area (Å²) in [6, 6.07) is 10.2. The fourth-order valence-electron chi connectivity index (χ4n) is 3.30. The van der Waals surface area contributed by atoms with Crippen LogP contribution in [0.1, 0.15) is 44.7 Å². The fourth-order valence-corrected chi connectivity index (χ4v) is 4.57. The Morgan fingerprint density at radius 1 is 1.24 bits per heavy atom. The Labute approximate surface area is 151 Å². The summed E-state index contributed by atoms with van der Waals surface area (Å²) in [7, 11) is 0. The molecule has 1 aliphatic carbocycles. The predicted octanol–water partition coefficient (Wildman–Crippen LogP) is 3.97. The minimum Gasteiger partial charge on any atom is -0.286 e. The first-order valence-electron chi connectivity index (χ1n) is 8.62. The second kappa shape index (κ2) is 5.47. The summed E-state index contributed by atoms with van der Waals surface area (Å²) >= 11 is 1.65. The minimum absolute atomic E-state index is 0.0633. The van der Waals surface area contributed by atoms with E-state index < -0.39 is 0 Å². The summed E-state index contributed by atoms with van der Waals surface area (Å²) in [4.78, 5) is 17.6. The van der Waals surface area contributed by atoms with Gasteiger partial charge in [0.15, 0.2) is 5.16 Å². The average molecular weight is 351 g/mol. The molecule has 0 N–H and O–H groups in total. The summed E-state index contributed by atoms with van der Waals surface area (Å²) in [6.45, 7) is 7.20. The number of nitrogens with zero attached hydrogens (tertiary/aromatic N) is 3. The van der Waals surface area contributed by atoms with Crippen molar-refractivity contribution in [3.8, 4) is 17.3 Å². The summed E-state index contributed by atoms with van der Waals surface area (Å²) in [6.07, 6.45) is 2.34. The lowest BCUT2D eigenvalue weighted by molar-refractivity contribution is 0.414. The Morgan fingerprint density at radius 2 is 1.92 bits per heavy atom. The number of hydrogen-bond acceptors (Lipinski definition) is 4. The maximum Gasteiger partial charge on any atom is 0.272 e. The van der Waals surface area contributed by atoms with E-state index in [0.717, 1.165) is 16.5 Å². The molecule has 4 rings (SSSR count). The second-order valence-corrected chi connectivity index (χ2v) is 9.18. The van der Waals surface area contributed by atoms with Gasteiger partial charge in [-0.15, -0.1) is 0 Å². The molecular formula is C20H21N3OS. The van der Waals surface area contributed by atoms with E-state index in [1.54, 1.807) is 16.3 Å². The van der Waals surface area contributed by atoms with Crippen molar-refractivity contribution in [2.75, 3.05) is 5.75 Å². The zero-order chi connectivity index (χ0) is 17.8. The van der Waals surface area contributed by atoms with Crippen LogP contribution in [0.15, 0.2) is 34.2 Å². The molecule has 128 valence electrons. The van der Waals surface area contributed by atoms with Crippen LogP contribution in [0.3, 0.4) is 0 Å². The normalized spacial score (nSPS) is 17.8. The number of fused-ring (bicyclic) bond motifs is 1. The molecule has 0 saturated heterocycles. The Hall–Kier alpha value is -2.06. The van der Waals surface area contributed by atoms with Crippen LogP contribution in [0, 0.1) is 16.7 Å². The van der Waals surface area contributed by atoms with Crippen LogP contribution < -0.4 is 5.56 Å². The second-order valence-electron chi connectivity index (χ2n) is 8.24. The van der Waals surface area contributed by atoms with Gasteiger partial charge in [0.2, 0.25) is 0 Å². The summed E-state index contributed by atoms with van der Waals surface area (Å²) in [5, 5.41) is 10.3. The van der Waals surface area contributed by atoms with Crippen LogP contribution in [0.2, 0.25) is 0 Å². The Kier molecular flexibility index (Phi) is 3.59. The maximum atomic E-state index is 12.9. The Balaban J connectivity index is 1.82. The minimum atomic E-state index is -0.194. The van der Waals surface area contributed by atoms with Crippen molar-refractivity contribution in [1.29, 1.82) is 5.26 Å². The van der Waals surface area contributed by atoms with Gasteiger partial charge in [-0.05, 0) is 29.2 Å². The summed E-state index contributed by atoms with van der Waals surface area (Å²) < 4.78 is 1.72. The van der Waals surface area contributed by atoms with Crippen molar-refractivity contribution in [3.05, 3.63) is 45.7 Å². The first-order valence-corrected chi connectivity index (χ1v) is 9.60. The molecule has 1 spiro atoms. The molecule has 0 atom stereocenters. The van der Waals surface area contributed by atoms with E-state index in [2.05, 4.69) is 39.0 Å². The molecule has 5 heteroatoms. The van der Waals surface area contributed by atoms with E-state index in [-0.39, 0.29) is 22.0 Å². The smallest absolute Gasteiger partial charge is 0.272 e. The summed E-state index contributed by atoms with van der Waals surface area (Å²) in [5.74, 6) is 1.02. The van der Waals surface area contributed by atoms with Gasteiger partial charge in [0.25, 0.3) is 5.56 Å². The van der Waals surface area contributed by atoms with E-state index >= 15 is 0 Å². The lowest BCUT2D eigenvalue weighted by atomic mass is 9.86. The first kappa shape index (κ1) is 16.4. The number of benzene rings is 1. The molecule has 2 aliphatic rings. The van der Waals surface area contributed by atoms with E-state index in [0.29, 0.717) is 12.2 Å². The lowest BCUT2D eigenvalue weighted by Gasteiger charge is -2.25. The third-order valence-electron chi connectivity index (χ3n) is 5.23. The molecule has 4 nitrogen and oxygen atoms in total. The highest BCUT2D eigenvalue weighted by molar-refractivity contribution is 7.99. The van der Waals surface area contributed by atoms with Gasteiger partial charge < -0.3 is 0 Å². The molecule has 0 radical (unpaired) electrons. The molecule has 0 unspecified atom stereocenters. The third kappa shape index (κ3) is 2.79. The Bertz CT molecular complexity index is 941. The summed E-state index contributed by atoms with van der Waals surface area (Å²) in [5.41, 5.74) is 2.86. The van der Waals surface area contributed by atoms with Crippen molar-refractivity contribution in [2.24, 2.45) is 5.41 Å². The van der Waals surface area contributed by atoms with E-state index in [9.17, 15) is 10.1 Å². The first-order chi connectivity index (χ1) is 11.8. The van der Waals surface area contributed by atoms with Crippen molar-refractivity contribution < 1.29 is 0 Å². The molecule has 1 aliphatic heterocycles. The molecule has 1 saturated carbocycles. The fraction of sp³-hybridized carbons (Fsp3) is 0.450. The van der Waals surface area contributed by atoms with Gasteiger partial charge in [-0.25, -0.2) is 4.98 Å². The molecular weight excluding hydrogens is 330 g/mol. The SMILES string of the molecule is CC(C)(C)c1ccc(-c2nc3n(c(=O)c2C#N)CC2(CC2)CS3)cc1. The molecule has 25 heavy (non-hydrogen) atoms. The topological polar surface area (TPSA) is 58.7 Å². The van der Waals surface area contributed by atoms with Crippen molar-refractivity contribution in [1.82, 2.24) is 9.55 Å². The zero-order valence-corrected chi connectivity index (χ0v) is 15.6. The number of rotatable bonds is 1. The molecule has 1 fully saturated rings. The van der Waals surface area contributed by atoms with Crippen LogP contribution >= 0.6 is 11.8 Å². The number of hydrogen-bond donors (Lipinski definition) is 0. The van der Waals surface area contributed by atoms with Gasteiger partial charge in [0, 0.05) is 17.9 Å². The number of thioether (sulfide) groups is 1. The third-order valence-corrected chi connectivity index (χ3v) is 6.56. The highest BCUT2D eigenvalue weighted by Gasteiger charge is 2.46.